The predicted octanol–water partition coefficient (Wildman–Crippen LogP) is 2.39. The van der Waals surface area contributed by atoms with Crippen LogP contribution in [-0.2, 0) is 6.54 Å². The molecule has 0 saturated carbocycles. The summed E-state index contributed by atoms with van der Waals surface area (Å²) in [5, 5.41) is 1.66. The van der Waals surface area contributed by atoms with E-state index in [0.717, 1.165) is 0 Å². The van der Waals surface area contributed by atoms with Crippen LogP contribution in [0, 0.1) is 0 Å². The third-order valence-corrected chi connectivity index (χ3v) is 3.76. The van der Waals surface area contributed by atoms with E-state index >= 15 is 0 Å². The van der Waals surface area contributed by atoms with Crippen LogP contribution in [0.25, 0.3) is 11.4 Å². The van der Waals surface area contributed by atoms with Crippen LogP contribution in [0.1, 0.15) is 6.92 Å². The third kappa shape index (κ3) is 2.99. The van der Waals surface area contributed by atoms with Crippen molar-refractivity contribution in [3.63, 3.8) is 0 Å². The highest BCUT2D eigenvalue weighted by molar-refractivity contribution is 6.33. The molecule has 24 heavy (non-hydrogen) atoms. The van der Waals surface area contributed by atoms with Crippen LogP contribution in [0.15, 0.2) is 53.5 Å². The van der Waals surface area contributed by atoms with Crippen molar-refractivity contribution in [3.05, 3.63) is 64.2 Å². The molecule has 3 aromatic rings. The second-order valence-electron chi connectivity index (χ2n) is 4.91. The lowest BCUT2D eigenvalue weighted by Crippen LogP contribution is -2.33. The number of hydrazine groups is 1. The molecule has 0 aliphatic rings. The summed E-state index contributed by atoms with van der Waals surface area (Å²) in [4.78, 5) is 24.9. The SMILES string of the molecule is CCn1c(-c2ccccc2Cl)nc(N(N)c2ccccn2)nc1=O. The molecule has 2 heterocycles. The van der Waals surface area contributed by atoms with E-state index in [1.807, 2.05) is 19.1 Å². The van der Waals surface area contributed by atoms with Crippen molar-refractivity contribution in [2.75, 3.05) is 5.01 Å². The van der Waals surface area contributed by atoms with Crippen LogP contribution >= 0.6 is 11.6 Å². The van der Waals surface area contributed by atoms with E-state index < -0.39 is 5.69 Å². The van der Waals surface area contributed by atoms with Crippen molar-refractivity contribution in [2.24, 2.45) is 5.84 Å². The smallest absolute Gasteiger partial charge is 0.276 e. The van der Waals surface area contributed by atoms with E-state index in [4.69, 9.17) is 17.4 Å². The molecule has 0 aliphatic carbocycles. The average Bonchev–Trinajstić information content (AvgIpc) is 2.61. The lowest BCUT2D eigenvalue weighted by atomic mass is 10.2. The summed E-state index contributed by atoms with van der Waals surface area (Å²) in [6.07, 6.45) is 1.59. The molecule has 2 aromatic heterocycles. The largest absolute Gasteiger partial charge is 0.352 e. The van der Waals surface area contributed by atoms with Crippen LogP contribution in [0.2, 0.25) is 5.02 Å². The van der Waals surface area contributed by atoms with Gasteiger partial charge < -0.3 is 0 Å². The fourth-order valence-corrected chi connectivity index (χ4v) is 2.48. The minimum absolute atomic E-state index is 0.0540. The second-order valence-corrected chi connectivity index (χ2v) is 5.32. The summed E-state index contributed by atoms with van der Waals surface area (Å²) in [6, 6.07) is 12.4. The monoisotopic (exact) mass is 342 g/mol. The van der Waals surface area contributed by atoms with Gasteiger partial charge in [0.15, 0.2) is 0 Å². The molecule has 8 heteroatoms. The topological polar surface area (TPSA) is 89.9 Å². The maximum atomic E-state index is 12.4. The van der Waals surface area contributed by atoms with Gasteiger partial charge in [-0.3, -0.25) is 4.57 Å². The third-order valence-electron chi connectivity index (χ3n) is 3.43. The quantitative estimate of drug-likeness (QED) is 0.578. The first-order valence-electron chi connectivity index (χ1n) is 7.31. The Hall–Kier alpha value is -2.77. The number of aromatic nitrogens is 4. The van der Waals surface area contributed by atoms with Gasteiger partial charge in [-0.1, -0.05) is 29.8 Å². The predicted molar refractivity (Wildman–Crippen MR) is 93.0 cm³/mol. The maximum absolute atomic E-state index is 12.4. The Morgan fingerprint density at radius 2 is 1.92 bits per heavy atom. The molecule has 0 spiro atoms. The van der Waals surface area contributed by atoms with Gasteiger partial charge in [0, 0.05) is 18.3 Å². The minimum atomic E-state index is -0.455. The molecular formula is C16H15ClN6O. The Balaban J connectivity index is 2.18. The van der Waals surface area contributed by atoms with E-state index in [9.17, 15) is 4.79 Å². The molecule has 122 valence electrons. The first-order chi connectivity index (χ1) is 11.6. The highest BCUT2D eigenvalue weighted by atomic mass is 35.5. The lowest BCUT2D eigenvalue weighted by molar-refractivity contribution is 0.681. The maximum Gasteiger partial charge on any atom is 0.352 e. The fourth-order valence-electron chi connectivity index (χ4n) is 2.26. The van der Waals surface area contributed by atoms with Crippen molar-refractivity contribution in [1.29, 1.82) is 0 Å². The van der Waals surface area contributed by atoms with E-state index in [1.165, 1.54) is 9.58 Å². The molecular weight excluding hydrogens is 328 g/mol. The fraction of sp³-hybridized carbons (Fsp3) is 0.125. The minimum Gasteiger partial charge on any atom is -0.276 e. The van der Waals surface area contributed by atoms with Gasteiger partial charge in [0.2, 0.25) is 0 Å². The van der Waals surface area contributed by atoms with Crippen molar-refractivity contribution >= 4 is 23.4 Å². The summed E-state index contributed by atoms with van der Waals surface area (Å²) < 4.78 is 1.44. The molecule has 7 nitrogen and oxygen atoms in total. The number of hydrogen-bond donors (Lipinski definition) is 1. The number of rotatable bonds is 4. The van der Waals surface area contributed by atoms with Gasteiger partial charge in [-0.25, -0.2) is 20.6 Å². The number of halogens is 1. The highest BCUT2D eigenvalue weighted by Gasteiger charge is 2.17. The van der Waals surface area contributed by atoms with Crippen molar-refractivity contribution in [3.8, 4) is 11.4 Å². The summed E-state index contributed by atoms with van der Waals surface area (Å²) in [7, 11) is 0. The molecule has 3 rings (SSSR count). The molecule has 0 bridgehead atoms. The number of hydrogen-bond acceptors (Lipinski definition) is 6. The Morgan fingerprint density at radius 3 is 2.58 bits per heavy atom. The van der Waals surface area contributed by atoms with Crippen LogP contribution in [0.4, 0.5) is 11.8 Å². The molecule has 0 fully saturated rings. The zero-order chi connectivity index (χ0) is 17.1. The van der Waals surface area contributed by atoms with Gasteiger partial charge in [-0.2, -0.15) is 9.97 Å². The average molecular weight is 343 g/mol. The van der Waals surface area contributed by atoms with Crippen LogP contribution < -0.4 is 16.5 Å². The Bertz CT molecular complexity index is 912. The number of anilines is 2. The molecule has 0 amide bonds. The molecule has 1 aromatic carbocycles. The summed E-state index contributed by atoms with van der Waals surface area (Å²) in [5.41, 5.74) is 0.181. The Morgan fingerprint density at radius 1 is 1.17 bits per heavy atom. The van der Waals surface area contributed by atoms with E-state index in [0.29, 0.717) is 28.8 Å². The van der Waals surface area contributed by atoms with Crippen molar-refractivity contribution in [2.45, 2.75) is 13.5 Å². The first kappa shape index (κ1) is 16.1. The Kier molecular flexibility index (Phi) is 4.54. The molecule has 0 aliphatic heterocycles. The number of nitrogens with two attached hydrogens (primary N) is 1. The number of nitrogens with zero attached hydrogens (tertiary/aromatic N) is 5. The van der Waals surface area contributed by atoms with Gasteiger partial charge >= 0.3 is 5.69 Å². The lowest BCUT2D eigenvalue weighted by Gasteiger charge is -2.17. The van der Waals surface area contributed by atoms with Gasteiger partial charge in [-0.15, -0.1) is 0 Å². The van der Waals surface area contributed by atoms with E-state index in [2.05, 4.69) is 15.0 Å². The molecule has 2 N–H and O–H groups in total. The molecule has 0 radical (unpaired) electrons. The van der Waals surface area contributed by atoms with Gasteiger partial charge in [0.25, 0.3) is 5.95 Å². The Labute approximate surface area is 143 Å². The zero-order valence-electron chi connectivity index (χ0n) is 12.9. The van der Waals surface area contributed by atoms with Gasteiger partial charge in [0.05, 0.1) is 5.02 Å². The first-order valence-corrected chi connectivity index (χ1v) is 7.69. The summed E-state index contributed by atoms with van der Waals surface area (Å²) in [5.74, 6) is 6.91. The molecule has 0 saturated heterocycles. The standard InChI is InChI=1S/C16H15ClN6O/c1-2-22-14(11-7-3-4-8-12(11)17)20-15(21-16(22)24)23(18)13-9-5-6-10-19-13/h3-10H,2,18H2,1H3. The summed E-state index contributed by atoms with van der Waals surface area (Å²) >= 11 is 6.26. The van der Waals surface area contributed by atoms with Crippen molar-refractivity contribution in [1.82, 2.24) is 19.5 Å². The van der Waals surface area contributed by atoms with Gasteiger partial charge in [0.1, 0.15) is 11.6 Å². The number of benzene rings is 1. The van der Waals surface area contributed by atoms with Crippen LogP contribution in [0.3, 0.4) is 0 Å². The summed E-state index contributed by atoms with van der Waals surface area (Å²) in [6.45, 7) is 2.25. The molecule has 0 atom stereocenters. The number of pyridine rings is 1. The van der Waals surface area contributed by atoms with Crippen LogP contribution in [-0.4, -0.2) is 19.5 Å². The molecule has 0 unspecified atom stereocenters. The zero-order valence-corrected chi connectivity index (χ0v) is 13.7. The van der Waals surface area contributed by atoms with Crippen molar-refractivity contribution < 1.29 is 0 Å². The van der Waals surface area contributed by atoms with E-state index in [1.54, 1.807) is 36.5 Å². The normalized spacial score (nSPS) is 10.6. The second kappa shape index (κ2) is 6.77. The van der Waals surface area contributed by atoms with Crippen LogP contribution in [0.5, 0.6) is 0 Å². The van der Waals surface area contributed by atoms with E-state index in [-0.39, 0.29) is 5.95 Å². The highest BCUT2D eigenvalue weighted by Crippen LogP contribution is 2.26. The van der Waals surface area contributed by atoms with Gasteiger partial charge in [-0.05, 0) is 31.2 Å².